The van der Waals surface area contributed by atoms with E-state index in [2.05, 4.69) is 0 Å². The minimum atomic E-state index is -1.13. The first-order valence-electron chi connectivity index (χ1n) is 3.18. The number of hydrogen-bond acceptors (Lipinski definition) is 2. The first-order valence-corrected chi connectivity index (χ1v) is 3.18. The van der Waals surface area contributed by atoms with Gasteiger partial charge in [-0.3, -0.25) is 0 Å². The molecular weight excluding hydrogens is 272 g/mol. The van der Waals surface area contributed by atoms with Crippen LogP contribution in [0, 0.1) is 0 Å². The van der Waals surface area contributed by atoms with Gasteiger partial charge in [0.15, 0.2) is 0 Å². The molecule has 0 atom stereocenters. The maximum atomic E-state index is 10.4. The van der Waals surface area contributed by atoms with Crippen molar-refractivity contribution in [3.05, 3.63) is 35.4 Å². The van der Waals surface area contributed by atoms with Crippen molar-refractivity contribution in [3.8, 4) is 0 Å². The monoisotopic (exact) mass is 280 g/mol. The van der Waals surface area contributed by atoms with Gasteiger partial charge in [-0.05, 0) is 18.2 Å². The number of carboxylic acid groups (broad SMARTS) is 2. The second-order valence-electron chi connectivity index (χ2n) is 2.19. The molecule has 0 unspecified atom stereocenters. The number of benzene rings is 1. The molecule has 5 heteroatoms. The largest absolute Gasteiger partial charge is 0.478 e. The Hall–Kier alpha value is -0.918. The van der Waals surface area contributed by atoms with E-state index in [1.54, 1.807) is 0 Å². The Balaban J connectivity index is 0.00000144. The van der Waals surface area contributed by atoms with Crippen molar-refractivity contribution in [2.45, 2.75) is 0 Å². The van der Waals surface area contributed by atoms with Gasteiger partial charge in [0.25, 0.3) is 0 Å². The second-order valence-corrected chi connectivity index (χ2v) is 2.19. The summed E-state index contributed by atoms with van der Waals surface area (Å²) in [5, 5.41) is 17.0. The summed E-state index contributed by atoms with van der Waals surface area (Å²) in [5.41, 5.74) is -0.0372. The molecule has 0 saturated heterocycles. The van der Waals surface area contributed by atoms with Crippen LogP contribution in [-0.2, 0) is 27.3 Å². The Morgan fingerprint density at radius 3 is 1.69 bits per heavy atom. The fraction of sp³-hybridized carbons (Fsp3) is 0. The quantitative estimate of drug-likeness (QED) is 0.794. The molecule has 0 aliphatic carbocycles. The predicted molar refractivity (Wildman–Crippen MR) is 40.4 cm³/mol. The standard InChI is InChI=1S/C8H6O4.Cd/c9-7(10)5-2-1-3-6(4-5)8(11)12;/h1-4H,(H,9,10)(H,11,12);. The normalized spacial score (nSPS) is 8.62. The number of carboxylic acids is 2. The minimum absolute atomic E-state index is 0. The van der Waals surface area contributed by atoms with Gasteiger partial charge < -0.3 is 10.2 Å². The van der Waals surface area contributed by atoms with Crippen molar-refractivity contribution in [1.29, 1.82) is 0 Å². The summed E-state index contributed by atoms with van der Waals surface area (Å²) in [7, 11) is 0. The molecule has 0 radical (unpaired) electrons. The van der Waals surface area contributed by atoms with E-state index in [0.717, 1.165) is 6.07 Å². The molecule has 13 heavy (non-hydrogen) atoms. The van der Waals surface area contributed by atoms with E-state index < -0.39 is 11.9 Å². The third-order valence-corrected chi connectivity index (χ3v) is 1.36. The van der Waals surface area contributed by atoms with Crippen molar-refractivity contribution in [3.63, 3.8) is 0 Å². The van der Waals surface area contributed by atoms with Crippen LogP contribution < -0.4 is 0 Å². The maximum Gasteiger partial charge on any atom is 0.335 e. The molecule has 0 aliphatic heterocycles. The first-order chi connectivity index (χ1) is 5.61. The van der Waals surface area contributed by atoms with E-state index in [1.807, 2.05) is 0 Å². The number of aromatic carboxylic acids is 2. The summed E-state index contributed by atoms with van der Waals surface area (Å²) < 4.78 is 0. The Morgan fingerprint density at radius 1 is 1.00 bits per heavy atom. The van der Waals surface area contributed by atoms with Crippen LogP contribution in [-0.4, -0.2) is 22.2 Å². The summed E-state index contributed by atoms with van der Waals surface area (Å²) >= 11 is 0. The predicted octanol–water partition coefficient (Wildman–Crippen LogP) is 1.08. The van der Waals surface area contributed by atoms with Crippen LogP contribution in [0.25, 0.3) is 0 Å². The van der Waals surface area contributed by atoms with Gasteiger partial charge in [-0.1, -0.05) is 6.07 Å². The third-order valence-electron chi connectivity index (χ3n) is 1.36. The van der Waals surface area contributed by atoms with Crippen LogP contribution in [0.3, 0.4) is 0 Å². The zero-order valence-corrected chi connectivity index (χ0v) is 10.8. The van der Waals surface area contributed by atoms with Gasteiger partial charge in [0.1, 0.15) is 0 Å². The molecule has 0 amide bonds. The minimum Gasteiger partial charge on any atom is -0.478 e. The molecule has 4 nitrogen and oxygen atoms in total. The Labute approximate surface area is 94.4 Å². The Kier molecular flexibility index (Phi) is 4.60. The van der Waals surface area contributed by atoms with Gasteiger partial charge >= 0.3 is 11.9 Å². The summed E-state index contributed by atoms with van der Waals surface area (Å²) in [6.45, 7) is 0. The van der Waals surface area contributed by atoms with Gasteiger partial charge in [0.2, 0.25) is 0 Å². The zero-order valence-electron chi connectivity index (χ0n) is 6.73. The number of hydrogen-bond donors (Lipinski definition) is 2. The molecule has 2 N–H and O–H groups in total. The molecule has 64 valence electrons. The number of rotatable bonds is 2. The fourth-order valence-electron chi connectivity index (χ4n) is 0.785. The van der Waals surface area contributed by atoms with Crippen molar-refractivity contribution >= 4 is 11.9 Å². The van der Waals surface area contributed by atoms with Gasteiger partial charge in [-0.15, -0.1) is 0 Å². The van der Waals surface area contributed by atoms with E-state index in [1.165, 1.54) is 18.2 Å². The molecule has 0 saturated carbocycles. The van der Waals surface area contributed by atoms with Crippen LogP contribution in [0.4, 0.5) is 0 Å². The maximum absolute atomic E-state index is 10.4. The molecule has 1 aromatic carbocycles. The molecule has 0 fully saturated rings. The van der Waals surface area contributed by atoms with Crippen LogP contribution in [0.2, 0.25) is 0 Å². The zero-order chi connectivity index (χ0) is 9.14. The molecule has 0 aliphatic rings. The summed E-state index contributed by atoms with van der Waals surface area (Å²) in [6, 6.07) is 5.20. The average Bonchev–Trinajstić information content (AvgIpc) is 2.04. The molecular formula is C8H6CdO4. The topological polar surface area (TPSA) is 74.6 Å². The van der Waals surface area contributed by atoms with Crippen LogP contribution in [0.5, 0.6) is 0 Å². The van der Waals surface area contributed by atoms with Gasteiger partial charge in [0, 0.05) is 27.3 Å². The van der Waals surface area contributed by atoms with Crippen LogP contribution in [0.1, 0.15) is 20.7 Å². The Bertz CT molecular complexity index is 305. The van der Waals surface area contributed by atoms with Crippen LogP contribution in [0.15, 0.2) is 24.3 Å². The van der Waals surface area contributed by atoms with E-state index in [0.29, 0.717) is 0 Å². The smallest absolute Gasteiger partial charge is 0.335 e. The molecule has 0 aromatic heterocycles. The number of carbonyl (C=O) groups is 2. The molecule has 1 aromatic rings. The molecule has 0 spiro atoms. The van der Waals surface area contributed by atoms with Gasteiger partial charge in [0.05, 0.1) is 11.1 Å². The van der Waals surface area contributed by atoms with E-state index in [9.17, 15) is 9.59 Å². The van der Waals surface area contributed by atoms with E-state index in [4.69, 9.17) is 10.2 Å². The van der Waals surface area contributed by atoms with Gasteiger partial charge in [-0.25, -0.2) is 9.59 Å². The van der Waals surface area contributed by atoms with Gasteiger partial charge in [-0.2, -0.15) is 0 Å². The average molecular weight is 279 g/mol. The van der Waals surface area contributed by atoms with E-state index in [-0.39, 0.29) is 38.4 Å². The van der Waals surface area contributed by atoms with Crippen molar-refractivity contribution in [2.24, 2.45) is 0 Å². The summed E-state index contributed by atoms with van der Waals surface area (Å²) in [5.74, 6) is -2.25. The van der Waals surface area contributed by atoms with Crippen molar-refractivity contribution < 1.29 is 47.1 Å². The molecule has 0 bridgehead atoms. The van der Waals surface area contributed by atoms with Crippen molar-refractivity contribution in [2.75, 3.05) is 0 Å². The van der Waals surface area contributed by atoms with Crippen molar-refractivity contribution in [1.82, 2.24) is 0 Å². The molecule has 1 rings (SSSR count). The first kappa shape index (κ1) is 12.1. The third kappa shape index (κ3) is 3.13. The molecule has 0 heterocycles. The SMILES string of the molecule is O=C(O)c1cccc(C(=O)O)c1.[Cd]. The Morgan fingerprint density at radius 2 is 1.38 bits per heavy atom. The fourth-order valence-corrected chi connectivity index (χ4v) is 0.785. The van der Waals surface area contributed by atoms with E-state index >= 15 is 0 Å². The second kappa shape index (κ2) is 4.95. The van der Waals surface area contributed by atoms with Crippen LogP contribution >= 0.6 is 0 Å². The summed E-state index contributed by atoms with van der Waals surface area (Å²) in [4.78, 5) is 20.8. The summed E-state index contributed by atoms with van der Waals surface area (Å²) in [6.07, 6.45) is 0.